The van der Waals surface area contributed by atoms with Crippen LogP contribution in [0.4, 0.5) is 4.39 Å². The Labute approximate surface area is 172 Å². The predicted octanol–water partition coefficient (Wildman–Crippen LogP) is 3.98. The van der Waals surface area contributed by atoms with Crippen molar-refractivity contribution in [3.05, 3.63) is 61.2 Å². The van der Waals surface area contributed by atoms with Crippen molar-refractivity contribution in [3.63, 3.8) is 0 Å². The third-order valence-corrected chi connectivity index (χ3v) is 5.55. The molecule has 29 heavy (non-hydrogen) atoms. The molecule has 5 nitrogen and oxygen atoms in total. The number of amides is 2. The Hall–Kier alpha value is -2.47. The zero-order chi connectivity index (χ0) is 21.3. The highest BCUT2D eigenvalue weighted by Gasteiger charge is 2.43. The number of hydrogen-bond acceptors (Lipinski definition) is 3. The number of allylic oxidation sites excluding steroid dienone is 2. The molecular formula is C23H31FN2O3. The summed E-state index contributed by atoms with van der Waals surface area (Å²) in [5.74, 6) is -0.652. The van der Waals surface area contributed by atoms with Crippen molar-refractivity contribution in [2.75, 3.05) is 13.1 Å². The fourth-order valence-electron chi connectivity index (χ4n) is 4.00. The molecular weight excluding hydrogens is 371 g/mol. The number of hydroxylamine groups is 2. The summed E-state index contributed by atoms with van der Waals surface area (Å²) in [5, 5.41) is 12.4. The lowest BCUT2D eigenvalue weighted by atomic mass is 9.72. The lowest BCUT2D eigenvalue weighted by Gasteiger charge is -2.35. The second kappa shape index (κ2) is 10.3. The molecule has 2 fully saturated rings. The van der Waals surface area contributed by atoms with Crippen LogP contribution >= 0.6 is 0 Å². The second-order valence-electron chi connectivity index (χ2n) is 7.78. The number of rotatable bonds is 6. The first-order chi connectivity index (χ1) is 13.9. The molecule has 2 heterocycles. The maximum Gasteiger partial charge on any atom is 0.283 e. The van der Waals surface area contributed by atoms with Gasteiger partial charge in [0.15, 0.2) is 5.67 Å². The van der Waals surface area contributed by atoms with Gasteiger partial charge in [0.05, 0.1) is 5.41 Å². The molecule has 0 spiro atoms. The molecule has 0 aromatic heterocycles. The number of hydrogen-bond donors (Lipinski definition) is 2. The number of nitrogens with one attached hydrogen (secondary N) is 1. The van der Waals surface area contributed by atoms with Crippen LogP contribution in [0.5, 0.6) is 0 Å². The Balaban J connectivity index is 0.000000221. The summed E-state index contributed by atoms with van der Waals surface area (Å²) in [6.45, 7) is 8.20. The number of halogens is 1. The third-order valence-electron chi connectivity index (χ3n) is 5.55. The van der Waals surface area contributed by atoms with Gasteiger partial charge in [-0.1, -0.05) is 42.5 Å². The Bertz CT molecular complexity index is 724. The van der Waals surface area contributed by atoms with Gasteiger partial charge in [0, 0.05) is 19.5 Å². The fraction of sp³-hybridized carbons (Fsp3) is 0.478. The zero-order valence-corrected chi connectivity index (χ0v) is 16.9. The van der Waals surface area contributed by atoms with Gasteiger partial charge in [-0.25, -0.2) is 9.45 Å². The SMILES string of the molecule is C=CC[C@]1(Cc2ccccc2)CCCNC1=O.C=CC[C@]1(F)CCCN(O)C1=O. The summed E-state index contributed by atoms with van der Waals surface area (Å²) in [5.41, 5.74) is -0.970. The molecule has 158 valence electrons. The number of carbonyl (C=O) groups excluding carboxylic acids is 2. The Kier molecular flexibility index (Phi) is 8.14. The monoisotopic (exact) mass is 402 g/mol. The van der Waals surface area contributed by atoms with Crippen molar-refractivity contribution >= 4 is 11.8 Å². The van der Waals surface area contributed by atoms with E-state index in [4.69, 9.17) is 5.21 Å². The summed E-state index contributed by atoms with van der Waals surface area (Å²) in [6, 6.07) is 10.2. The fourth-order valence-corrected chi connectivity index (χ4v) is 4.00. The molecule has 0 unspecified atom stereocenters. The lowest BCUT2D eigenvalue weighted by molar-refractivity contribution is -0.186. The van der Waals surface area contributed by atoms with Gasteiger partial charge in [0.1, 0.15) is 0 Å². The molecule has 2 saturated heterocycles. The minimum absolute atomic E-state index is 0.0249. The van der Waals surface area contributed by atoms with E-state index in [9.17, 15) is 14.0 Å². The van der Waals surface area contributed by atoms with Crippen LogP contribution in [0.1, 0.15) is 44.1 Å². The zero-order valence-electron chi connectivity index (χ0n) is 16.9. The highest BCUT2D eigenvalue weighted by molar-refractivity contribution is 5.85. The molecule has 2 atom stereocenters. The van der Waals surface area contributed by atoms with Gasteiger partial charge in [-0.05, 0) is 44.1 Å². The van der Waals surface area contributed by atoms with Crippen LogP contribution in [-0.2, 0) is 16.0 Å². The number of benzene rings is 1. The molecule has 2 N–H and O–H groups in total. The topological polar surface area (TPSA) is 69.6 Å². The average molecular weight is 403 g/mol. The molecule has 0 radical (unpaired) electrons. The van der Waals surface area contributed by atoms with Crippen molar-refractivity contribution in [2.24, 2.45) is 5.41 Å². The van der Waals surface area contributed by atoms with Crippen LogP contribution in [-0.4, -0.2) is 40.8 Å². The molecule has 2 amide bonds. The van der Waals surface area contributed by atoms with E-state index in [0.717, 1.165) is 32.2 Å². The van der Waals surface area contributed by atoms with E-state index >= 15 is 0 Å². The number of piperidine rings is 2. The number of alkyl halides is 1. The van der Waals surface area contributed by atoms with Crippen LogP contribution < -0.4 is 5.32 Å². The molecule has 2 aliphatic rings. The molecule has 0 aliphatic carbocycles. The predicted molar refractivity (Wildman–Crippen MR) is 111 cm³/mol. The average Bonchev–Trinajstić information content (AvgIpc) is 2.70. The van der Waals surface area contributed by atoms with Crippen LogP contribution in [0.25, 0.3) is 0 Å². The third kappa shape index (κ3) is 5.76. The number of carbonyl (C=O) groups is 2. The quantitative estimate of drug-likeness (QED) is 0.558. The first kappa shape index (κ1) is 22.8. The lowest BCUT2D eigenvalue weighted by Crippen LogP contribution is -2.49. The summed E-state index contributed by atoms with van der Waals surface area (Å²) in [4.78, 5) is 23.2. The van der Waals surface area contributed by atoms with Crippen molar-refractivity contribution in [2.45, 2.75) is 50.6 Å². The maximum atomic E-state index is 13.6. The van der Waals surface area contributed by atoms with E-state index in [2.05, 4.69) is 30.6 Å². The number of nitrogens with zero attached hydrogens (tertiary/aromatic N) is 1. The molecule has 6 heteroatoms. The van der Waals surface area contributed by atoms with Gasteiger partial charge < -0.3 is 5.32 Å². The van der Waals surface area contributed by atoms with E-state index in [-0.39, 0.29) is 30.7 Å². The standard InChI is InChI=1S/C15H19NO.C8H12FNO2/c1-2-9-15(10-6-11-16-14(15)17)12-13-7-4-3-5-8-13;1-2-4-8(9)5-3-6-10(12)7(8)11/h2-5,7-8H,1,6,9-12H2,(H,16,17);2,12H,1,3-6H2/t15-;8-/m10/s1. The van der Waals surface area contributed by atoms with Crippen LogP contribution in [0.2, 0.25) is 0 Å². The smallest absolute Gasteiger partial charge is 0.283 e. The van der Waals surface area contributed by atoms with Crippen molar-refractivity contribution in [1.29, 1.82) is 0 Å². The Morgan fingerprint density at radius 3 is 2.41 bits per heavy atom. The van der Waals surface area contributed by atoms with Gasteiger partial charge >= 0.3 is 0 Å². The van der Waals surface area contributed by atoms with Crippen LogP contribution in [0, 0.1) is 5.41 Å². The van der Waals surface area contributed by atoms with Crippen molar-refractivity contribution < 1.29 is 19.2 Å². The molecule has 3 rings (SSSR count). The van der Waals surface area contributed by atoms with Crippen molar-refractivity contribution in [1.82, 2.24) is 10.4 Å². The van der Waals surface area contributed by atoms with E-state index in [1.54, 1.807) is 0 Å². The largest absolute Gasteiger partial charge is 0.356 e. The maximum absolute atomic E-state index is 13.6. The molecule has 0 bridgehead atoms. The first-order valence-electron chi connectivity index (χ1n) is 10.1. The summed E-state index contributed by atoms with van der Waals surface area (Å²) in [6.07, 6.45) is 7.46. The molecule has 1 aromatic rings. The van der Waals surface area contributed by atoms with Gasteiger partial charge in [0.2, 0.25) is 5.91 Å². The van der Waals surface area contributed by atoms with Gasteiger partial charge in [-0.2, -0.15) is 0 Å². The van der Waals surface area contributed by atoms with Gasteiger partial charge in [0.25, 0.3) is 5.91 Å². The molecule has 2 aliphatic heterocycles. The minimum Gasteiger partial charge on any atom is -0.356 e. The normalized spacial score (nSPS) is 26.8. The highest BCUT2D eigenvalue weighted by Crippen LogP contribution is 2.35. The summed E-state index contributed by atoms with van der Waals surface area (Å²) < 4.78 is 13.6. The Morgan fingerprint density at radius 2 is 1.79 bits per heavy atom. The Morgan fingerprint density at radius 1 is 1.10 bits per heavy atom. The van der Waals surface area contributed by atoms with Crippen LogP contribution in [0.3, 0.4) is 0 Å². The molecule has 0 saturated carbocycles. The van der Waals surface area contributed by atoms with Crippen LogP contribution in [0.15, 0.2) is 55.6 Å². The summed E-state index contributed by atoms with van der Waals surface area (Å²) >= 11 is 0. The van der Waals surface area contributed by atoms with E-state index in [1.165, 1.54) is 11.6 Å². The van der Waals surface area contributed by atoms with Gasteiger partial charge in [-0.3, -0.25) is 14.8 Å². The summed E-state index contributed by atoms with van der Waals surface area (Å²) in [7, 11) is 0. The van der Waals surface area contributed by atoms with Crippen molar-refractivity contribution in [3.8, 4) is 0 Å². The minimum atomic E-state index is -1.92. The van der Waals surface area contributed by atoms with E-state index in [0.29, 0.717) is 11.5 Å². The van der Waals surface area contributed by atoms with Gasteiger partial charge in [-0.15, -0.1) is 13.2 Å². The molecule has 1 aromatic carbocycles. The first-order valence-corrected chi connectivity index (χ1v) is 10.1. The second-order valence-corrected chi connectivity index (χ2v) is 7.78. The van der Waals surface area contributed by atoms with E-state index < -0.39 is 11.6 Å². The van der Waals surface area contributed by atoms with E-state index in [1.807, 2.05) is 24.3 Å². The highest BCUT2D eigenvalue weighted by atomic mass is 19.1.